The average molecular weight is 237 g/mol. The second-order valence-electron chi connectivity index (χ2n) is 4.52. The maximum atomic E-state index is 12.8. The van der Waals surface area contributed by atoms with Gasteiger partial charge in [-0.1, -0.05) is 12.8 Å². The molecular weight excluding hydrogens is 221 g/mol. The maximum absolute atomic E-state index is 12.8. The van der Waals surface area contributed by atoms with Crippen molar-refractivity contribution < 1.29 is 14.3 Å². The van der Waals surface area contributed by atoms with Crippen LogP contribution in [0.4, 0.5) is 4.39 Å². The van der Waals surface area contributed by atoms with Gasteiger partial charge in [0, 0.05) is 12.6 Å². The van der Waals surface area contributed by atoms with Gasteiger partial charge < -0.3 is 10.4 Å². The van der Waals surface area contributed by atoms with Crippen LogP contribution in [0.1, 0.15) is 36.0 Å². The Kier molecular flexibility index (Phi) is 3.61. The highest BCUT2D eigenvalue weighted by atomic mass is 19.1. The molecule has 1 aliphatic carbocycles. The summed E-state index contributed by atoms with van der Waals surface area (Å²) < 4.78 is 12.8. The van der Waals surface area contributed by atoms with E-state index < -0.39 is 5.82 Å². The Labute approximate surface area is 99.7 Å². The molecule has 0 aromatic heterocycles. The summed E-state index contributed by atoms with van der Waals surface area (Å²) >= 11 is 0. The molecule has 0 spiro atoms. The fraction of sp³-hybridized carbons (Fsp3) is 0.462. The van der Waals surface area contributed by atoms with Gasteiger partial charge in [-0.05, 0) is 30.9 Å². The first-order valence-corrected chi connectivity index (χ1v) is 5.93. The third-order valence-corrected chi connectivity index (χ3v) is 3.23. The third kappa shape index (κ3) is 2.96. The lowest BCUT2D eigenvalue weighted by atomic mass is 10.1. The molecule has 4 heteroatoms. The number of rotatable bonds is 3. The van der Waals surface area contributed by atoms with Gasteiger partial charge in [0.1, 0.15) is 11.6 Å². The van der Waals surface area contributed by atoms with Gasteiger partial charge in [0.2, 0.25) is 0 Å². The van der Waals surface area contributed by atoms with Crippen molar-refractivity contribution in [2.75, 3.05) is 6.54 Å². The summed E-state index contributed by atoms with van der Waals surface area (Å²) in [5.41, 5.74) is 0.129. The van der Waals surface area contributed by atoms with Crippen LogP contribution in [0.3, 0.4) is 0 Å². The van der Waals surface area contributed by atoms with E-state index in [1.165, 1.54) is 25.0 Å². The second-order valence-corrected chi connectivity index (χ2v) is 4.52. The van der Waals surface area contributed by atoms with Gasteiger partial charge in [-0.25, -0.2) is 4.39 Å². The molecule has 92 valence electrons. The topological polar surface area (TPSA) is 49.3 Å². The van der Waals surface area contributed by atoms with Crippen molar-refractivity contribution in [1.29, 1.82) is 0 Å². The standard InChI is InChI=1S/C13H16FNO2/c14-10-5-6-11(12(16)7-10)13(17)15-8-9-3-1-2-4-9/h5-7,9,16H,1-4,8H2,(H,15,17). The number of phenolic OH excluding ortho intramolecular Hbond substituents is 1. The number of amides is 1. The van der Waals surface area contributed by atoms with E-state index in [0.717, 1.165) is 18.9 Å². The highest BCUT2D eigenvalue weighted by molar-refractivity contribution is 5.96. The number of benzene rings is 1. The highest BCUT2D eigenvalue weighted by Gasteiger charge is 2.17. The molecule has 2 rings (SSSR count). The Bertz CT molecular complexity index is 414. The van der Waals surface area contributed by atoms with E-state index in [9.17, 15) is 14.3 Å². The molecule has 0 saturated heterocycles. The van der Waals surface area contributed by atoms with Crippen LogP contribution < -0.4 is 5.32 Å². The number of phenols is 1. The summed E-state index contributed by atoms with van der Waals surface area (Å²) in [5.74, 6) is -0.653. The maximum Gasteiger partial charge on any atom is 0.255 e. The molecule has 0 aliphatic heterocycles. The van der Waals surface area contributed by atoms with Crippen LogP contribution in [0.5, 0.6) is 5.75 Å². The van der Waals surface area contributed by atoms with Crippen LogP contribution in [0.25, 0.3) is 0 Å². The smallest absolute Gasteiger partial charge is 0.255 e. The summed E-state index contributed by atoms with van der Waals surface area (Å²) in [6.45, 7) is 0.635. The molecular formula is C13H16FNO2. The summed E-state index contributed by atoms with van der Waals surface area (Å²) in [5, 5.41) is 12.2. The molecule has 1 aliphatic rings. The normalized spacial score (nSPS) is 16.1. The first kappa shape index (κ1) is 11.9. The van der Waals surface area contributed by atoms with Crippen LogP contribution >= 0.6 is 0 Å². The molecule has 1 aromatic rings. The van der Waals surface area contributed by atoms with Gasteiger partial charge in [0.15, 0.2) is 0 Å². The van der Waals surface area contributed by atoms with Crippen molar-refractivity contribution in [1.82, 2.24) is 5.32 Å². The number of aromatic hydroxyl groups is 1. The molecule has 0 atom stereocenters. The van der Waals surface area contributed by atoms with Gasteiger partial charge in [-0.2, -0.15) is 0 Å². The molecule has 0 bridgehead atoms. The Balaban J connectivity index is 1.94. The highest BCUT2D eigenvalue weighted by Crippen LogP contribution is 2.24. The zero-order valence-electron chi connectivity index (χ0n) is 9.58. The van der Waals surface area contributed by atoms with Crippen molar-refractivity contribution >= 4 is 5.91 Å². The van der Waals surface area contributed by atoms with Gasteiger partial charge in [-0.15, -0.1) is 0 Å². The number of nitrogens with one attached hydrogen (secondary N) is 1. The summed E-state index contributed by atoms with van der Waals surface area (Å²) in [6, 6.07) is 3.42. The Hall–Kier alpha value is -1.58. The Morgan fingerprint density at radius 2 is 2.12 bits per heavy atom. The van der Waals surface area contributed by atoms with E-state index in [2.05, 4.69) is 5.32 Å². The van der Waals surface area contributed by atoms with Crippen molar-refractivity contribution in [2.24, 2.45) is 5.92 Å². The number of carbonyl (C=O) groups excluding carboxylic acids is 1. The molecule has 0 heterocycles. The van der Waals surface area contributed by atoms with Gasteiger partial charge in [0.25, 0.3) is 5.91 Å². The summed E-state index contributed by atoms with van der Waals surface area (Å²) in [4.78, 5) is 11.7. The van der Waals surface area contributed by atoms with Crippen LogP contribution in [-0.4, -0.2) is 17.6 Å². The first-order chi connectivity index (χ1) is 8.16. The molecule has 17 heavy (non-hydrogen) atoms. The number of halogens is 1. The third-order valence-electron chi connectivity index (χ3n) is 3.23. The van der Waals surface area contributed by atoms with Crippen LogP contribution in [0, 0.1) is 11.7 Å². The quantitative estimate of drug-likeness (QED) is 0.848. The monoisotopic (exact) mass is 237 g/mol. The van der Waals surface area contributed by atoms with E-state index in [4.69, 9.17) is 0 Å². The molecule has 0 unspecified atom stereocenters. The Morgan fingerprint density at radius 1 is 1.41 bits per heavy atom. The summed E-state index contributed by atoms with van der Waals surface area (Å²) in [7, 11) is 0. The second kappa shape index (κ2) is 5.17. The molecule has 2 N–H and O–H groups in total. The number of hydrogen-bond acceptors (Lipinski definition) is 2. The van der Waals surface area contributed by atoms with Crippen molar-refractivity contribution in [3.63, 3.8) is 0 Å². The lowest BCUT2D eigenvalue weighted by Gasteiger charge is -2.11. The van der Waals surface area contributed by atoms with E-state index in [-0.39, 0.29) is 17.2 Å². The number of carbonyl (C=O) groups is 1. The molecule has 0 radical (unpaired) electrons. The lowest BCUT2D eigenvalue weighted by Crippen LogP contribution is -2.28. The van der Waals surface area contributed by atoms with Crippen molar-refractivity contribution in [3.05, 3.63) is 29.6 Å². The van der Waals surface area contributed by atoms with Crippen molar-refractivity contribution in [3.8, 4) is 5.75 Å². The SMILES string of the molecule is O=C(NCC1CCCC1)c1ccc(F)cc1O. The summed E-state index contributed by atoms with van der Waals surface area (Å²) in [6.07, 6.45) is 4.75. The minimum Gasteiger partial charge on any atom is -0.507 e. The van der Waals surface area contributed by atoms with E-state index >= 15 is 0 Å². The minimum atomic E-state index is -0.546. The molecule has 1 aromatic carbocycles. The van der Waals surface area contributed by atoms with E-state index in [1.54, 1.807) is 0 Å². The molecule has 1 saturated carbocycles. The van der Waals surface area contributed by atoms with E-state index in [0.29, 0.717) is 12.5 Å². The van der Waals surface area contributed by atoms with Crippen LogP contribution in [0.2, 0.25) is 0 Å². The molecule has 1 fully saturated rings. The van der Waals surface area contributed by atoms with Crippen LogP contribution in [-0.2, 0) is 0 Å². The molecule has 1 amide bonds. The molecule has 3 nitrogen and oxygen atoms in total. The van der Waals surface area contributed by atoms with Gasteiger partial charge in [0.05, 0.1) is 5.56 Å². The average Bonchev–Trinajstić information content (AvgIpc) is 2.78. The van der Waals surface area contributed by atoms with E-state index in [1.807, 2.05) is 0 Å². The Morgan fingerprint density at radius 3 is 2.76 bits per heavy atom. The largest absolute Gasteiger partial charge is 0.507 e. The minimum absolute atomic E-state index is 0.129. The van der Waals surface area contributed by atoms with Crippen molar-refractivity contribution in [2.45, 2.75) is 25.7 Å². The lowest BCUT2D eigenvalue weighted by molar-refractivity contribution is 0.0944. The zero-order chi connectivity index (χ0) is 12.3. The fourth-order valence-electron chi connectivity index (χ4n) is 2.24. The first-order valence-electron chi connectivity index (χ1n) is 5.93. The van der Waals surface area contributed by atoms with Crippen LogP contribution in [0.15, 0.2) is 18.2 Å². The number of hydrogen-bond donors (Lipinski definition) is 2. The van der Waals surface area contributed by atoms with Gasteiger partial charge >= 0.3 is 0 Å². The zero-order valence-corrected chi connectivity index (χ0v) is 9.58. The van der Waals surface area contributed by atoms with Gasteiger partial charge in [-0.3, -0.25) is 4.79 Å². The predicted molar refractivity (Wildman–Crippen MR) is 62.4 cm³/mol. The fourth-order valence-corrected chi connectivity index (χ4v) is 2.24. The predicted octanol–water partition coefficient (Wildman–Crippen LogP) is 2.45.